The number of fused-ring (bicyclic) bond motifs is 2. The minimum atomic E-state index is -1.75. The van der Waals surface area contributed by atoms with Crippen LogP contribution in [0.4, 0.5) is 14.6 Å². The second-order valence-electron chi connectivity index (χ2n) is 6.48. The Kier molecular flexibility index (Phi) is 2.95. The van der Waals surface area contributed by atoms with Gasteiger partial charge in [0, 0.05) is 6.20 Å². The molecule has 0 unspecified atom stereocenters. The highest BCUT2D eigenvalue weighted by Gasteiger charge is 2.51. The predicted molar refractivity (Wildman–Crippen MR) is 91.9 cm³/mol. The van der Waals surface area contributed by atoms with Crippen LogP contribution >= 0.6 is 0 Å². The van der Waals surface area contributed by atoms with Crippen LogP contribution in [0.25, 0.3) is 27.8 Å². The number of imidazole rings is 2. The number of rotatable bonds is 3. The normalized spacial score (nSPS) is 15.5. The lowest BCUT2D eigenvalue weighted by molar-refractivity contribution is -0.122. The van der Waals surface area contributed by atoms with E-state index in [0.29, 0.717) is 22.2 Å². The number of nitrogens with zero attached hydrogens (tertiary/aromatic N) is 3. The first-order chi connectivity index (χ1) is 12.5. The fourth-order valence-corrected chi connectivity index (χ4v) is 2.96. The van der Waals surface area contributed by atoms with Gasteiger partial charge in [-0.15, -0.1) is 0 Å². The molecule has 0 spiro atoms. The Morgan fingerprint density at radius 1 is 1.23 bits per heavy atom. The quantitative estimate of drug-likeness (QED) is 0.592. The van der Waals surface area contributed by atoms with Crippen LogP contribution in [0.3, 0.4) is 0 Å². The molecule has 0 saturated heterocycles. The number of nitrogens with one attached hydrogen (secondary N) is 2. The van der Waals surface area contributed by atoms with E-state index in [-0.39, 0.29) is 24.5 Å². The lowest BCUT2D eigenvalue weighted by Crippen LogP contribution is -2.25. The second-order valence-corrected chi connectivity index (χ2v) is 6.48. The molecule has 4 aromatic rings. The van der Waals surface area contributed by atoms with Crippen LogP contribution in [0.5, 0.6) is 0 Å². The molecule has 130 valence electrons. The highest BCUT2D eigenvalue weighted by Crippen LogP contribution is 2.40. The molecule has 1 saturated carbocycles. The van der Waals surface area contributed by atoms with E-state index in [2.05, 4.69) is 20.3 Å². The number of amides is 1. The fourth-order valence-electron chi connectivity index (χ4n) is 2.96. The Labute approximate surface area is 145 Å². The molecule has 8 heteroatoms. The minimum Gasteiger partial charge on any atom is -0.342 e. The van der Waals surface area contributed by atoms with Gasteiger partial charge >= 0.3 is 0 Å². The third-order valence-corrected chi connectivity index (χ3v) is 4.60. The van der Waals surface area contributed by atoms with Crippen molar-refractivity contribution in [2.45, 2.75) is 18.5 Å². The number of hydrogen-bond donors (Lipinski definition) is 2. The molecule has 1 amide bonds. The third kappa shape index (κ3) is 2.33. The maximum atomic E-state index is 14.2. The number of alkyl halides is 1. The van der Waals surface area contributed by atoms with Crippen LogP contribution in [-0.4, -0.2) is 30.9 Å². The molecule has 26 heavy (non-hydrogen) atoms. The molecule has 6 nitrogen and oxygen atoms in total. The molecule has 1 aliphatic rings. The van der Waals surface area contributed by atoms with Crippen LogP contribution in [0.15, 0.2) is 43.0 Å². The van der Waals surface area contributed by atoms with E-state index in [9.17, 15) is 13.6 Å². The summed E-state index contributed by atoms with van der Waals surface area (Å²) >= 11 is 0. The SMILES string of the molecule is O=C(Nc1cn2cc(-c3cc(F)c4[nH]cnc4c3)ccc2n1)C1(F)CC1. The van der Waals surface area contributed by atoms with E-state index in [1.807, 2.05) is 0 Å². The summed E-state index contributed by atoms with van der Waals surface area (Å²) in [5, 5.41) is 2.50. The number of pyridine rings is 1. The van der Waals surface area contributed by atoms with Crippen molar-refractivity contribution in [3.63, 3.8) is 0 Å². The van der Waals surface area contributed by atoms with Crippen molar-refractivity contribution >= 4 is 28.4 Å². The number of H-pyrrole nitrogens is 1. The highest BCUT2D eigenvalue weighted by atomic mass is 19.1. The van der Waals surface area contributed by atoms with Crippen molar-refractivity contribution in [1.29, 1.82) is 0 Å². The summed E-state index contributed by atoms with van der Waals surface area (Å²) in [4.78, 5) is 22.9. The maximum absolute atomic E-state index is 14.2. The molecular weight excluding hydrogens is 340 g/mol. The maximum Gasteiger partial charge on any atom is 0.263 e. The lowest BCUT2D eigenvalue weighted by atomic mass is 10.1. The van der Waals surface area contributed by atoms with Gasteiger partial charge in [-0.05, 0) is 48.2 Å². The van der Waals surface area contributed by atoms with Gasteiger partial charge in [-0.1, -0.05) is 0 Å². The molecule has 2 N–H and O–H groups in total. The Hall–Kier alpha value is -3.29. The van der Waals surface area contributed by atoms with Gasteiger partial charge in [-0.3, -0.25) is 4.79 Å². The van der Waals surface area contributed by atoms with Gasteiger partial charge < -0.3 is 14.7 Å². The van der Waals surface area contributed by atoms with Gasteiger partial charge in [0.25, 0.3) is 5.91 Å². The number of aromatic amines is 1. The molecule has 3 aromatic heterocycles. The number of aromatic nitrogens is 4. The first-order valence-electron chi connectivity index (χ1n) is 8.14. The largest absolute Gasteiger partial charge is 0.342 e. The number of halogens is 2. The summed E-state index contributed by atoms with van der Waals surface area (Å²) in [6, 6.07) is 6.77. The monoisotopic (exact) mass is 353 g/mol. The number of anilines is 1. The summed E-state index contributed by atoms with van der Waals surface area (Å²) in [6.07, 6.45) is 5.32. The average molecular weight is 353 g/mol. The summed E-state index contributed by atoms with van der Waals surface area (Å²) in [5.74, 6) is -0.761. The Morgan fingerprint density at radius 2 is 2.08 bits per heavy atom. The van der Waals surface area contributed by atoms with Crippen LogP contribution in [0, 0.1) is 5.82 Å². The third-order valence-electron chi connectivity index (χ3n) is 4.60. The number of carbonyl (C=O) groups excluding carboxylic acids is 1. The first kappa shape index (κ1) is 15.0. The van der Waals surface area contributed by atoms with Gasteiger partial charge in [-0.2, -0.15) is 0 Å². The van der Waals surface area contributed by atoms with E-state index in [1.165, 1.54) is 12.4 Å². The van der Waals surface area contributed by atoms with Gasteiger partial charge in [0.15, 0.2) is 11.5 Å². The summed E-state index contributed by atoms with van der Waals surface area (Å²) in [7, 11) is 0. The van der Waals surface area contributed by atoms with Crippen LogP contribution < -0.4 is 5.32 Å². The minimum absolute atomic E-state index is 0.248. The molecule has 3 heterocycles. The topological polar surface area (TPSA) is 75.1 Å². The first-order valence-corrected chi connectivity index (χ1v) is 8.14. The van der Waals surface area contributed by atoms with E-state index >= 15 is 0 Å². The smallest absolute Gasteiger partial charge is 0.263 e. The van der Waals surface area contributed by atoms with Crippen molar-refractivity contribution in [2.75, 3.05) is 5.32 Å². The summed E-state index contributed by atoms with van der Waals surface area (Å²) in [6.45, 7) is 0. The van der Waals surface area contributed by atoms with Crippen molar-refractivity contribution in [1.82, 2.24) is 19.4 Å². The molecule has 1 aliphatic carbocycles. The molecule has 0 radical (unpaired) electrons. The molecule has 0 bridgehead atoms. The molecule has 5 rings (SSSR count). The Morgan fingerprint density at radius 3 is 2.88 bits per heavy atom. The van der Waals surface area contributed by atoms with Crippen LogP contribution in [0.2, 0.25) is 0 Å². The zero-order valence-electron chi connectivity index (χ0n) is 13.5. The van der Waals surface area contributed by atoms with Gasteiger partial charge in [-0.25, -0.2) is 18.7 Å². The van der Waals surface area contributed by atoms with Crippen molar-refractivity contribution in [3.8, 4) is 11.1 Å². The predicted octanol–water partition coefficient (Wildman–Crippen LogP) is 3.46. The van der Waals surface area contributed by atoms with Crippen molar-refractivity contribution in [3.05, 3.63) is 48.8 Å². The van der Waals surface area contributed by atoms with Gasteiger partial charge in [0.2, 0.25) is 0 Å². The van der Waals surface area contributed by atoms with Gasteiger partial charge in [0.1, 0.15) is 17.0 Å². The molecule has 0 atom stereocenters. The number of carbonyl (C=O) groups is 1. The van der Waals surface area contributed by atoms with Gasteiger partial charge in [0.05, 0.1) is 18.0 Å². The highest BCUT2D eigenvalue weighted by molar-refractivity contribution is 5.98. The Bertz CT molecular complexity index is 1170. The van der Waals surface area contributed by atoms with Crippen molar-refractivity contribution in [2.24, 2.45) is 0 Å². The van der Waals surface area contributed by atoms with E-state index < -0.39 is 11.6 Å². The summed E-state index contributed by atoms with van der Waals surface area (Å²) < 4.78 is 29.6. The van der Waals surface area contributed by atoms with Crippen LogP contribution in [0.1, 0.15) is 12.8 Å². The van der Waals surface area contributed by atoms with Crippen molar-refractivity contribution < 1.29 is 13.6 Å². The zero-order chi connectivity index (χ0) is 17.9. The average Bonchev–Trinajstić information content (AvgIpc) is 3.05. The lowest BCUT2D eigenvalue weighted by Gasteiger charge is -2.04. The molecule has 1 fully saturated rings. The molecule has 1 aromatic carbocycles. The summed E-state index contributed by atoms with van der Waals surface area (Å²) in [5.41, 5.74) is 1.18. The molecule has 0 aliphatic heterocycles. The number of benzene rings is 1. The zero-order valence-corrected chi connectivity index (χ0v) is 13.5. The second kappa shape index (κ2) is 5.10. The van der Waals surface area contributed by atoms with E-state index in [4.69, 9.17) is 0 Å². The number of hydrogen-bond acceptors (Lipinski definition) is 3. The fraction of sp³-hybridized carbons (Fsp3) is 0.167. The standard InChI is InChI=1S/C18H13F2N5O/c19-12-5-11(6-13-16(12)22-9-21-13)10-1-2-15-23-14(8-25(15)7-10)24-17(26)18(20)3-4-18/h1-2,5-9H,3-4H2,(H,21,22)(H,24,26). The van der Waals surface area contributed by atoms with E-state index in [1.54, 1.807) is 35.0 Å². The van der Waals surface area contributed by atoms with Crippen LogP contribution in [-0.2, 0) is 4.79 Å². The Balaban J connectivity index is 1.51. The molecular formula is C18H13F2N5O. The van der Waals surface area contributed by atoms with E-state index in [0.717, 1.165) is 5.56 Å².